The van der Waals surface area contributed by atoms with Crippen molar-refractivity contribution in [2.24, 2.45) is 0 Å². The molecule has 0 saturated carbocycles. The van der Waals surface area contributed by atoms with Crippen LogP contribution >= 0.6 is 11.8 Å². The number of benzene rings is 2. The molecule has 1 aliphatic heterocycles. The molecule has 2 nitrogen and oxygen atoms in total. The number of hydrogen-bond acceptors (Lipinski definition) is 3. The van der Waals surface area contributed by atoms with Crippen LogP contribution < -0.4 is 4.74 Å². The molecule has 1 atom stereocenters. The molecule has 3 rings (SSSR count). The third-order valence-corrected chi connectivity index (χ3v) is 4.34. The first kappa shape index (κ1) is 12.4. The van der Waals surface area contributed by atoms with Crippen molar-refractivity contribution in [2.45, 2.75) is 24.3 Å². The smallest absolute Gasteiger partial charge is 0.123 e. The second-order valence-corrected chi connectivity index (χ2v) is 5.96. The molecule has 2 aromatic carbocycles. The maximum absolute atomic E-state index is 9.43. The molecule has 19 heavy (non-hydrogen) atoms. The van der Waals surface area contributed by atoms with Gasteiger partial charge in [-0.15, -0.1) is 11.8 Å². The van der Waals surface area contributed by atoms with Crippen molar-refractivity contribution in [3.63, 3.8) is 0 Å². The highest BCUT2D eigenvalue weighted by Crippen LogP contribution is 2.32. The van der Waals surface area contributed by atoms with Crippen LogP contribution in [0.4, 0.5) is 0 Å². The van der Waals surface area contributed by atoms with E-state index in [1.54, 1.807) is 23.9 Å². The summed E-state index contributed by atoms with van der Waals surface area (Å²) in [5, 5.41) is 9.43. The quantitative estimate of drug-likeness (QED) is 0.862. The van der Waals surface area contributed by atoms with E-state index in [9.17, 15) is 5.11 Å². The lowest BCUT2D eigenvalue weighted by Crippen LogP contribution is -2.15. The van der Waals surface area contributed by atoms with Crippen LogP contribution in [0.2, 0.25) is 0 Å². The molecule has 1 N–H and O–H groups in total. The Balaban J connectivity index is 1.62. The van der Waals surface area contributed by atoms with Crippen LogP contribution in [0.5, 0.6) is 11.5 Å². The predicted octanol–water partition coefficient (Wildman–Crippen LogP) is 3.80. The van der Waals surface area contributed by atoms with Gasteiger partial charge in [0, 0.05) is 17.1 Å². The number of phenols is 1. The second kappa shape index (κ2) is 5.17. The van der Waals surface area contributed by atoms with Crippen LogP contribution in [-0.2, 0) is 6.42 Å². The minimum Gasteiger partial charge on any atom is -0.508 e. The highest BCUT2D eigenvalue weighted by Gasteiger charge is 2.22. The van der Waals surface area contributed by atoms with Crippen molar-refractivity contribution < 1.29 is 9.84 Å². The monoisotopic (exact) mass is 272 g/mol. The molecule has 0 saturated heterocycles. The van der Waals surface area contributed by atoms with E-state index < -0.39 is 0 Å². The Labute approximate surface area is 117 Å². The summed E-state index contributed by atoms with van der Waals surface area (Å²) in [7, 11) is 0. The minimum atomic E-state index is 0.226. The van der Waals surface area contributed by atoms with Gasteiger partial charge in [0.25, 0.3) is 0 Å². The lowest BCUT2D eigenvalue weighted by molar-refractivity contribution is 0.259. The molecule has 3 heteroatoms. The lowest BCUT2D eigenvalue weighted by atomic mass is 10.1. The number of ether oxygens (including phenoxy) is 1. The van der Waals surface area contributed by atoms with Crippen LogP contribution in [0.15, 0.2) is 47.4 Å². The van der Waals surface area contributed by atoms with Crippen LogP contribution in [0.1, 0.15) is 11.1 Å². The number of aromatic hydroxyl groups is 1. The molecule has 0 aromatic heterocycles. The summed E-state index contributed by atoms with van der Waals surface area (Å²) in [5.41, 5.74) is 2.59. The Morgan fingerprint density at radius 3 is 3.00 bits per heavy atom. The van der Waals surface area contributed by atoms with Gasteiger partial charge in [-0.2, -0.15) is 0 Å². The molecule has 0 aliphatic carbocycles. The molecule has 1 heterocycles. The first-order valence-corrected chi connectivity index (χ1v) is 7.37. The fourth-order valence-corrected chi connectivity index (χ4v) is 3.25. The van der Waals surface area contributed by atoms with E-state index in [2.05, 4.69) is 25.1 Å². The summed E-state index contributed by atoms with van der Waals surface area (Å²) in [4.78, 5) is 1.08. The molecule has 0 spiro atoms. The fraction of sp³-hybridized carbons (Fsp3) is 0.250. The standard InChI is InChI=1S/C16H16O2S/c1-11-5-6-16-12(7-11)8-14(18-16)10-19-15-4-2-3-13(17)9-15/h2-7,9,14,17H,8,10H2,1H3. The summed E-state index contributed by atoms with van der Waals surface area (Å²) in [6.45, 7) is 2.11. The van der Waals surface area contributed by atoms with Gasteiger partial charge in [0.1, 0.15) is 17.6 Å². The van der Waals surface area contributed by atoms with Crippen LogP contribution in [0.25, 0.3) is 0 Å². The summed E-state index contributed by atoms with van der Waals surface area (Å²) >= 11 is 1.72. The van der Waals surface area contributed by atoms with Gasteiger partial charge in [-0.05, 0) is 36.8 Å². The van der Waals surface area contributed by atoms with E-state index in [0.29, 0.717) is 5.75 Å². The zero-order chi connectivity index (χ0) is 13.2. The van der Waals surface area contributed by atoms with Crippen molar-refractivity contribution in [3.05, 3.63) is 53.6 Å². The maximum atomic E-state index is 9.43. The topological polar surface area (TPSA) is 29.5 Å². The molecular formula is C16H16O2S. The average Bonchev–Trinajstić information content (AvgIpc) is 2.78. The largest absolute Gasteiger partial charge is 0.508 e. The molecular weight excluding hydrogens is 256 g/mol. The summed E-state index contributed by atoms with van der Waals surface area (Å²) in [6.07, 6.45) is 1.20. The van der Waals surface area contributed by atoms with E-state index in [0.717, 1.165) is 22.8 Å². The maximum Gasteiger partial charge on any atom is 0.123 e. The van der Waals surface area contributed by atoms with E-state index in [-0.39, 0.29) is 6.10 Å². The lowest BCUT2D eigenvalue weighted by Gasteiger charge is -2.10. The predicted molar refractivity (Wildman–Crippen MR) is 78.1 cm³/mol. The Morgan fingerprint density at radius 1 is 1.26 bits per heavy atom. The molecule has 0 bridgehead atoms. The van der Waals surface area contributed by atoms with Gasteiger partial charge in [0.15, 0.2) is 0 Å². The van der Waals surface area contributed by atoms with Crippen molar-refractivity contribution in [3.8, 4) is 11.5 Å². The Bertz CT molecular complexity index is 595. The molecule has 2 aromatic rings. The van der Waals surface area contributed by atoms with Gasteiger partial charge in [-0.3, -0.25) is 0 Å². The van der Waals surface area contributed by atoms with Gasteiger partial charge >= 0.3 is 0 Å². The second-order valence-electron chi connectivity index (χ2n) is 4.86. The first-order valence-electron chi connectivity index (χ1n) is 6.39. The minimum absolute atomic E-state index is 0.226. The highest BCUT2D eigenvalue weighted by atomic mass is 32.2. The number of thioether (sulfide) groups is 1. The SMILES string of the molecule is Cc1ccc2c(c1)CC(CSc1cccc(O)c1)O2. The van der Waals surface area contributed by atoms with Gasteiger partial charge in [-0.1, -0.05) is 23.8 Å². The third kappa shape index (κ3) is 2.87. The zero-order valence-electron chi connectivity index (χ0n) is 10.8. The molecule has 0 radical (unpaired) electrons. The van der Waals surface area contributed by atoms with Crippen molar-refractivity contribution >= 4 is 11.8 Å². The van der Waals surface area contributed by atoms with Crippen LogP contribution in [0, 0.1) is 6.92 Å². The third-order valence-electron chi connectivity index (χ3n) is 3.21. The molecule has 1 aliphatic rings. The van der Waals surface area contributed by atoms with E-state index in [4.69, 9.17) is 4.74 Å². The molecule has 0 fully saturated rings. The fourth-order valence-electron chi connectivity index (χ4n) is 2.30. The van der Waals surface area contributed by atoms with Gasteiger partial charge in [0.2, 0.25) is 0 Å². The van der Waals surface area contributed by atoms with Crippen molar-refractivity contribution in [2.75, 3.05) is 5.75 Å². The van der Waals surface area contributed by atoms with Gasteiger partial charge in [0.05, 0.1) is 0 Å². The number of fused-ring (bicyclic) bond motifs is 1. The van der Waals surface area contributed by atoms with Crippen LogP contribution in [-0.4, -0.2) is 17.0 Å². The van der Waals surface area contributed by atoms with Gasteiger partial charge < -0.3 is 9.84 Å². The Hall–Kier alpha value is -1.61. The Kier molecular flexibility index (Phi) is 3.38. The molecule has 1 unspecified atom stereocenters. The summed E-state index contributed by atoms with van der Waals surface area (Å²) in [5.74, 6) is 2.24. The number of phenolic OH excluding ortho intramolecular Hbond substituents is 1. The highest BCUT2D eigenvalue weighted by molar-refractivity contribution is 7.99. The molecule has 98 valence electrons. The number of aryl methyl sites for hydroxylation is 1. The molecule has 0 amide bonds. The van der Waals surface area contributed by atoms with Crippen LogP contribution in [0.3, 0.4) is 0 Å². The van der Waals surface area contributed by atoms with E-state index in [1.807, 2.05) is 12.1 Å². The van der Waals surface area contributed by atoms with Crippen molar-refractivity contribution in [1.29, 1.82) is 0 Å². The average molecular weight is 272 g/mol. The van der Waals surface area contributed by atoms with Gasteiger partial charge in [-0.25, -0.2) is 0 Å². The first-order chi connectivity index (χ1) is 9.20. The Morgan fingerprint density at radius 2 is 2.16 bits per heavy atom. The van der Waals surface area contributed by atoms with E-state index in [1.165, 1.54) is 11.1 Å². The van der Waals surface area contributed by atoms with E-state index >= 15 is 0 Å². The summed E-state index contributed by atoms with van der Waals surface area (Å²) in [6, 6.07) is 13.7. The van der Waals surface area contributed by atoms with Crippen molar-refractivity contribution in [1.82, 2.24) is 0 Å². The number of rotatable bonds is 3. The summed E-state index contributed by atoms with van der Waals surface area (Å²) < 4.78 is 5.93. The zero-order valence-corrected chi connectivity index (χ0v) is 11.6. The number of hydrogen-bond donors (Lipinski definition) is 1. The normalized spacial score (nSPS) is 17.0.